The number of ether oxygens (including phenoxy) is 1. The lowest BCUT2D eigenvalue weighted by Crippen LogP contribution is -2.19. The zero-order valence-electron chi connectivity index (χ0n) is 20.0. The molecule has 1 heterocycles. The Bertz CT molecular complexity index is 1110. The Morgan fingerprint density at radius 2 is 1.71 bits per heavy atom. The molecule has 0 saturated heterocycles. The second-order valence-electron chi connectivity index (χ2n) is 9.00. The van der Waals surface area contributed by atoms with Crippen molar-refractivity contribution in [3.8, 4) is 5.75 Å². The molecule has 1 atom stereocenters. The average molecular weight is 485 g/mol. The molecule has 2 aromatic carbocycles. The van der Waals surface area contributed by atoms with E-state index in [0.717, 1.165) is 36.8 Å². The quantitative estimate of drug-likeness (QED) is 0.337. The molecule has 5 nitrogen and oxygen atoms in total. The number of anilines is 4. The number of rotatable bonds is 8. The topological polar surface area (TPSA) is 59.1 Å². The lowest BCUT2D eigenvalue weighted by molar-refractivity contribution is -0.137. The molecule has 0 amide bonds. The van der Waals surface area contributed by atoms with Crippen LogP contribution in [0.1, 0.15) is 69.4 Å². The molecular weight excluding hydrogens is 453 g/mol. The van der Waals surface area contributed by atoms with Crippen molar-refractivity contribution in [2.75, 3.05) is 10.6 Å². The molecule has 1 saturated carbocycles. The Hall–Kier alpha value is -3.29. The lowest BCUT2D eigenvalue weighted by atomic mass is 9.97. The van der Waals surface area contributed by atoms with Crippen molar-refractivity contribution in [2.24, 2.45) is 0 Å². The minimum absolute atomic E-state index is 0.0717. The van der Waals surface area contributed by atoms with E-state index in [1.54, 1.807) is 12.1 Å². The van der Waals surface area contributed by atoms with E-state index >= 15 is 0 Å². The molecule has 0 spiro atoms. The molecule has 1 aliphatic carbocycles. The fraction of sp³-hybridized carbons (Fsp3) is 0.407. The van der Waals surface area contributed by atoms with Crippen LogP contribution in [0.5, 0.6) is 5.75 Å². The van der Waals surface area contributed by atoms with Gasteiger partial charge >= 0.3 is 6.18 Å². The van der Waals surface area contributed by atoms with Gasteiger partial charge in [-0.15, -0.1) is 0 Å². The Morgan fingerprint density at radius 1 is 1.00 bits per heavy atom. The first-order valence-electron chi connectivity index (χ1n) is 12.2. The van der Waals surface area contributed by atoms with Gasteiger partial charge in [0.15, 0.2) is 0 Å². The maximum atomic E-state index is 13.7. The molecule has 0 radical (unpaired) electrons. The number of para-hydroxylation sites is 1. The van der Waals surface area contributed by atoms with Crippen LogP contribution in [0.4, 0.5) is 36.3 Å². The van der Waals surface area contributed by atoms with Crippen molar-refractivity contribution in [1.82, 2.24) is 9.97 Å². The Balaban J connectivity index is 1.54. The van der Waals surface area contributed by atoms with Crippen molar-refractivity contribution < 1.29 is 17.9 Å². The largest absolute Gasteiger partial charge is 0.490 e. The van der Waals surface area contributed by atoms with E-state index in [9.17, 15) is 13.2 Å². The van der Waals surface area contributed by atoms with E-state index in [-0.39, 0.29) is 23.8 Å². The molecule has 35 heavy (non-hydrogen) atoms. The van der Waals surface area contributed by atoms with Crippen molar-refractivity contribution in [2.45, 2.75) is 70.6 Å². The third kappa shape index (κ3) is 6.44. The van der Waals surface area contributed by atoms with Crippen LogP contribution in [0.25, 0.3) is 0 Å². The number of nitrogens with one attached hydrogen (secondary N) is 2. The van der Waals surface area contributed by atoms with E-state index in [1.807, 2.05) is 50.2 Å². The van der Waals surface area contributed by atoms with Crippen molar-refractivity contribution in [3.05, 3.63) is 65.9 Å². The molecule has 3 aromatic rings. The van der Waals surface area contributed by atoms with Gasteiger partial charge in [0.2, 0.25) is 5.95 Å². The Morgan fingerprint density at radius 3 is 2.40 bits per heavy atom. The summed E-state index contributed by atoms with van der Waals surface area (Å²) in [6.07, 6.45) is 3.09. The normalized spacial score (nSPS) is 15.5. The lowest BCUT2D eigenvalue weighted by Gasteiger charge is -2.23. The van der Waals surface area contributed by atoms with Crippen LogP contribution < -0.4 is 15.4 Å². The minimum Gasteiger partial charge on any atom is -0.490 e. The SMILES string of the molecule is CCC(C)c1ccccc1Nc1nc(Nc2ccc(OC3CCCCC3)cc2)ncc1C(F)(F)F. The maximum Gasteiger partial charge on any atom is 0.421 e. The highest BCUT2D eigenvalue weighted by molar-refractivity contribution is 5.66. The fourth-order valence-electron chi connectivity index (χ4n) is 4.25. The summed E-state index contributed by atoms with van der Waals surface area (Å²) in [7, 11) is 0. The molecule has 0 bridgehead atoms. The number of halogens is 3. The third-order valence-electron chi connectivity index (χ3n) is 6.42. The summed E-state index contributed by atoms with van der Waals surface area (Å²) < 4.78 is 47.2. The summed E-state index contributed by atoms with van der Waals surface area (Å²) in [6, 6.07) is 14.7. The highest BCUT2D eigenvalue weighted by Crippen LogP contribution is 2.37. The van der Waals surface area contributed by atoms with Gasteiger partial charge in [-0.1, -0.05) is 38.5 Å². The highest BCUT2D eigenvalue weighted by Gasteiger charge is 2.35. The van der Waals surface area contributed by atoms with Crippen LogP contribution >= 0.6 is 0 Å². The summed E-state index contributed by atoms with van der Waals surface area (Å²) in [5, 5.41) is 5.92. The molecule has 1 fully saturated rings. The maximum absolute atomic E-state index is 13.7. The molecule has 0 aliphatic heterocycles. The van der Waals surface area contributed by atoms with Gasteiger partial charge in [0.1, 0.15) is 17.1 Å². The molecule has 8 heteroatoms. The van der Waals surface area contributed by atoms with Crippen molar-refractivity contribution in [1.29, 1.82) is 0 Å². The molecule has 1 aromatic heterocycles. The summed E-state index contributed by atoms with van der Waals surface area (Å²) in [6.45, 7) is 4.08. The van der Waals surface area contributed by atoms with Gasteiger partial charge in [0.05, 0.1) is 6.10 Å². The number of benzene rings is 2. The van der Waals surface area contributed by atoms with Crippen LogP contribution in [0.15, 0.2) is 54.7 Å². The van der Waals surface area contributed by atoms with Gasteiger partial charge < -0.3 is 15.4 Å². The summed E-state index contributed by atoms with van der Waals surface area (Å²) in [4.78, 5) is 8.11. The van der Waals surface area contributed by atoms with Gasteiger partial charge in [-0.25, -0.2) is 4.98 Å². The van der Waals surface area contributed by atoms with Crippen LogP contribution in [-0.2, 0) is 6.18 Å². The number of hydrogen-bond acceptors (Lipinski definition) is 5. The second-order valence-corrected chi connectivity index (χ2v) is 9.00. The molecular formula is C27H31F3N4O. The number of nitrogens with zero attached hydrogens (tertiary/aromatic N) is 2. The van der Waals surface area contributed by atoms with E-state index in [1.165, 1.54) is 19.3 Å². The number of alkyl halides is 3. The zero-order chi connectivity index (χ0) is 24.8. The standard InChI is InChI=1S/C27H31F3N4O/c1-3-18(2)22-11-7-8-12-24(22)33-25-23(27(28,29)30)17-31-26(34-25)32-19-13-15-21(16-14-19)35-20-9-5-4-6-10-20/h7-8,11-18,20H,3-6,9-10H2,1-2H3,(H2,31,32,33,34). The first-order chi connectivity index (χ1) is 16.8. The molecule has 4 rings (SSSR count). The Kier molecular flexibility index (Phi) is 7.78. The van der Waals surface area contributed by atoms with E-state index < -0.39 is 11.7 Å². The van der Waals surface area contributed by atoms with E-state index in [0.29, 0.717) is 11.4 Å². The molecule has 1 aliphatic rings. The number of aromatic nitrogens is 2. The van der Waals surface area contributed by atoms with Crippen LogP contribution in [0.3, 0.4) is 0 Å². The molecule has 186 valence electrons. The van der Waals surface area contributed by atoms with Gasteiger partial charge in [-0.05, 0) is 73.9 Å². The summed E-state index contributed by atoms with van der Waals surface area (Å²) >= 11 is 0. The van der Waals surface area contributed by atoms with E-state index in [4.69, 9.17) is 4.74 Å². The average Bonchev–Trinajstić information content (AvgIpc) is 2.85. The first-order valence-corrected chi connectivity index (χ1v) is 12.2. The van der Waals surface area contributed by atoms with Crippen molar-refractivity contribution in [3.63, 3.8) is 0 Å². The monoisotopic (exact) mass is 484 g/mol. The fourth-order valence-corrected chi connectivity index (χ4v) is 4.25. The second kappa shape index (κ2) is 11.0. The predicted octanol–water partition coefficient (Wildman–Crippen LogP) is 8.21. The summed E-state index contributed by atoms with van der Waals surface area (Å²) in [5.41, 5.74) is 1.27. The van der Waals surface area contributed by atoms with Gasteiger partial charge in [-0.2, -0.15) is 18.2 Å². The van der Waals surface area contributed by atoms with Crippen LogP contribution in [0, 0.1) is 0 Å². The van der Waals surface area contributed by atoms with Gasteiger partial charge in [0.25, 0.3) is 0 Å². The van der Waals surface area contributed by atoms with Crippen LogP contribution in [-0.4, -0.2) is 16.1 Å². The zero-order valence-corrected chi connectivity index (χ0v) is 20.0. The molecule has 1 unspecified atom stereocenters. The third-order valence-corrected chi connectivity index (χ3v) is 6.42. The van der Waals surface area contributed by atoms with Crippen LogP contribution in [0.2, 0.25) is 0 Å². The highest BCUT2D eigenvalue weighted by atomic mass is 19.4. The number of hydrogen-bond donors (Lipinski definition) is 2. The van der Waals surface area contributed by atoms with E-state index in [2.05, 4.69) is 20.6 Å². The minimum atomic E-state index is -4.59. The Labute approximate surface area is 204 Å². The first kappa shape index (κ1) is 24.8. The van der Waals surface area contributed by atoms with Gasteiger partial charge in [0, 0.05) is 17.6 Å². The predicted molar refractivity (Wildman–Crippen MR) is 133 cm³/mol. The van der Waals surface area contributed by atoms with Crippen molar-refractivity contribution >= 4 is 23.1 Å². The smallest absolute Gasteiger partial charge is 0.421 e. The van der Waals surface area contributed by atoms with Gasteiger partial charge in [-0.3, -0.25) is 0 Å². The molecule has 2 N–H and O–H groups in total. The summed E-state index contributed by atoms with van der Waals surface area (Å²) in [5.74, 6) is 0.743.